The maximum Gasteiger partial charge on any atom is 0.0725 e. The van der Waals surface area contributed by atoms with E-state index in [9.17, 15) is 5.11 Å². The topological polar surface area (TPSA) is 45.1 Å². The highest BCUT2D eigenvalue weighted by Gasteiger charge is 2.26. The number of nitrogens with one attached hydrogen (secondary N) is 1. The first-order valence-electron chi connectivity index (χ1n) is 7.49. The van der Waals surface area contributed by atoms with E-state index in [2.05, 4.69) is 34.6 Å². The zero-order valence-electron chi connectivity index (χ0n) is 12.0. The van der Waals surface area contributed by atoms with E-state index in [0.29, 0.717) is 18.4 Å². The van der Waals surface area contributed by atoms with Crippen molar-refractivity contribution in [2.75, 3.05) is 18.5 Å². The first-order chi connectivity index (χ1) is 9.78. The normalized spacial score (nSPS) is 22.3. The van der Waals surface area contributed by atoms with Gasteiger partial charge in [-0.15, -0.1) is 0 Å². The van der Waals surface area contributed by atoms with Crippen molar-refractivity contribution in [3.8, 4) is 0 Å². The van der Waals surface area contributed by atoms with Gasteiger partial charge in [-0.25, -0.2) is 0 Å². The molecular formula is C17H22N2O. The van der Waals surface area contributed by atoms with Crippen molar-refractivity contribution in [3.63, 3.8) is 0 Å². The lowest BCUT2D eigenvalue weighted by molar-refractivity contribution is 0.199. The van der Waals surface area contributed by atoms with Crippen LogP contribution in [0.5, 0.6) is 0 Å². The Kier molecular flexibility index (Phi) is 3.88. The molecule has 3 heteroatoms. The van der Waals surface area contributed by atoms with Crippen LogP contribution >= 0.6 is 0 Å². The summed E-state index contributed by atoms with van der Waals surface area (Å²) in [6.45, 7) is 3.30. The van der Waals surface area contributed by atoms with Gasteiger partial charge in [0, 0.05) is 29.9 Å². The largest absolute Gasteiger partial charge is 0.396 e. The summed E-state index contributed by atoms with van der Waals surface area (Å²) in [5.41, 5.74) is 3.24. The van der Waals surface area contributed by atoms with Crippen LogP contribution in [0.3, 0.4) is 0 Å². The summed E-state index contributed by atoms with van der Waals surface area (Å²) in [7, 11) is 0. The Labute approximate surface area is 120 Å². The molecule has 1 heterocycles. The Balaban J connectivity index is 1.80. The molecule has 0 saturated heterocycles. The number of fused-ring (bicyclic) bond motifs is 1. The molecule has 20 heavy (non-hydrogen) atoms. The number of para-hydroxylation sites is 1. The van der Waals surface area contributed by atoms with Gasteiger partial charge in [0.25, 0.3) is 0 Å². The van der Waals surface area contributed by atoms with Crippen LogP contribution in [0.2, 0.25) is 0 Å². The molecule has 106 valence electrons. The van der Waals surface area contributed by atoms with Crippen LogP contribution in [0.25, 0.3) is 10.9 Å². The third-order valence-corrected chi connectivity index (χ3v) is 4.45. The number of benzene rings is 1. The number of aryl methyl sites for hydroxylation is 1. The van der Waals surface area contributed by atoms with E-state index >= 15 is 0 Å². The van der Waals surface area contributed by atoms with Crippen molar-refractivity contribution < 1.29 is 5.11 Å². The number of aliphatic hydroxyl groups is 1. The van der Waals surface area contributed by atoms with Crippen molar-refractivity contribution in [2.45, 2.75) is 26.2 Å². The molecule has 2 N–H and O–H groups in total. The van der Waals surface area contributed by atoms with Gasteiger partial charge in [0.1, 0.15) is 0 Å². The van der Waals surface area contributed by atoms with Crippen LogP contribution in [-0.2, 0) is 0 Å². The summed E-state index contributed by atoms with van der Waals surface area (Å²) in [6.07, 6.45) is 3.63. The van der Waals surface area contributed by atoms with E-state index in [1.165, 1.54) is 24.6 Å². The van der Waals surface area contributed by atoms with Crippen molar-refractivity contribution in [2.24, 2.45) is 11.8 Å². The van der Waals surface area contributed by atoms with Gasteiger partial charge >= 0.3 is 0 Å². The highest BCUT2D eigenvalue weighted by atomic mass is 16.3. The minimum Gasteiger partial charge on any atom is -0.396 e. The maximum absolute atomic E-state index is 9.41. The second-order valence-electron chi connectivity index (χ2n) is 5.84. The predicted molar refractivity (Wildman–Crippen MR) is 82.9 cm³/mol. The molecule has 0 amide bonds. The fraction of sp³-hybridized carbons (Fsp3) is 0.471. The smallest absolute Gasteiger partial charge is 0.0725 e. The molecule has 3 nitrogen and oxygen atoms in total. The number of aliphatic hydroxyl groups excluding tert-OH is 1. The Morgan fingerprint density at radius 3 is 2.90 bits per heavy atom. The molecule has 2 aromatic rings. The monoisotopic (exact) mass is 270 g/mol. The molecule has 0 spiro atoms. The summed E-state index contributed by atoms with van der Waals surface area (Å²) < 4.78 is 0. The maximum atomic E-state index is 9.41. The molecule has 2 atom stereocenters. The molecule has 1 aromatic carbocycles. The van der Waals surface area contributed by atoms with E-state index in [4.69, 9.17) is 0 Å². The second kappa shape index (κ2) is 5.80. The van der Waals surface area contributed by atoms with Gasteiger partial charge in [-0.05, 0) is 43.7 Å². The molecule has 0 aliphatic heterocycles. The molecule has 0 radical (unpaired) electrons. The van der Waals surface area contributed by atoms with Gasteiger partial charge in [0.15, 0.2) is 0 Å². The lowest BCUT2D eigenvalue weighted by atomic mass is 9.97. The van der Waals surface area contributed by atoms with Crippen LogP contribution in [0.4, 0.5) is 5.69 Å². The fourth-order valence-electron chi connectivity index (χ4n) is 3.32. The third-order valence-electron chi connectivity index (χ3n) is 4.45. The molecule has 2 unspecified atom stereocenters. The van der Waals surface area contributed by atoms with Gasteiger partial charge in [-0.1, -0.05) is 24.6 Å². The first kappa shape index (κ1) is 13.4. The molecule has 1 aromatic heterocycles. The number of nitrogens with zero attached hydrogens (tertiary/aromatic N) is 1. The first-order valence-corrected chi connectivity index (χ1v) is 7.49. The van der Waals surface area contributed by atoms with E-state index < -0.39 is 0 Å². The fourth-order valence-corrected chi connectivity index (χ4v) is 3.32. The van der Waals surface area contributed by atoms with E-state index in [0.717, 1.165) is 23.4 Å². The summed E-state index contributed by atoms with van der Waals surface area (Å²) >= 11 is 0. The number of hydrogen-bond acceptors (Lipinski definition) is 3. The van der Waals surface area contributed by atoms with Gasteiger partial charge < -0.3 is 10.4 Å². The van der Waals surface area contributed by atoms with Gasteiger partial charge in [0.05, 0.1) is 5.52 Å². The number of rotatable bonds is 4. The predicted octanol–water partition coefficient (Wildman–Crippen LogP) is 3.36. The average Bonchev–Trinajstić information content (AvgIpc) is 2.92. The Bertz CT molecular complexity index is 597. The minimum absolute atomic E-state index is 0.322. The lowest BCUT2D eigenvalue weighted by Crippen LogP contribution is -2.21. The van der Waals surface area contributed by atoms with Crippen LogP contribution in [0.15, 0.2) is 30.3 Å². The summed E-state index contributed by atoms with van der Waals surface area (Å²) in [6, 6.07) is 10.4. The van der Waals surface area contributed by atoms with Gasteiger partial charge in [-0.2, -0.15) is 0 Å². The molecular weight excluding hydrogens is 248 g/mol. The van der Waals surface area contributed by atoms with Crippen LogP contribution < -0.4 is 5.32 Å². The average molecular weight is 270 g/mol. The summed E-state index contributed by atoms with van der Waals surface area (Å²) in [4.78, 5) is 4.57. The highest BCUT2D eigenvalue weighted by molar-refractivity contribution is 5.91. The number of hydrogen-bond donors (Lipinski definition) is 2. The molecule has 0 bridgehead atoms. The SMILES string of the molecule is Cc1cc(NCC2CCCC2CO)c2ccccc2n1. The minimum atomic E-state index is 0.322. The van der Waals surface area contributed by atoms with Crippen molar-refractivity contribution >= 4 is 16.6 Å². The van der Waals surface area contributed by atoms with E-state index in [1.54, 1.807) is 0 Å². The standard InChI is InChI=1S/C17H22N2O/c1-12-9-17(15-7-2-3-8-16(15)19-12)18-10-13-5-4-6-14(13)11-20/h2-3,7-9,13-14,20H,4-6,10-11H2,1H3,(H,18,19). The highest BCUT2D eigenvalue weighted by Crippen LogP contribution is 2.32. The Hall–Kier alpha value is -1.61. The summed E-state index contributed by atoms with van der Waals surface area (Å²) in [5.74, 6) is 1.06. The van der Waals surface area contributed by atoms with Crippen molar-refractivity contribution in [1.29, 1.82) is 0 Å². The Morgan fingerprint density at radius 2 is 2.05 bits per heavy atom. The van der Waals surface area contributed by atoms with Gasteiger partial charge in [0.2, 0.25) is 0 Å². The van der Waals surface area contributed by atoms with Crippen molar-refractivity contribution in [1.82, 2.24) is 4.98 Å². The molecule has 1 fully saturated rings. The molecule has 1 saturated carbocycles. The van der Waals surface area contributed by atoms with Gasteiger partial charge in [-0.3, -0.25) is 4.98 Å². The number of pyridine rings is 1. The zero-order chi connectivity index (χ0) is 13.9. The quantitative estimate of drug-likeness (QED) is 0.895. The zero-order valence-corrected chi connectivity index (χ0v) is 12.0. The lowest BCUT2D eigenvalue weighted by Gasteiger charge is -2.19. The van der Waals surface area contributed by atoms with Crippen molar-refractivity contribution in [3.05, 3.63) is 36.0 Å². The third kappa shape index (κ3) is 2.63. The summed E-state index contributed by atoms with van der Waals surface area (Å²) in [5, 5.41) is 14.2. The van der Waals surface area contributed by atoms with E-state index in [-0.39, 0.29) is 0 Å². The number of anilines is 1. The number of aromatic nitrogens is 1. The second-order valence-corrected chi connectivity index (χ2v) is 5.84. The Morgan fingerprint density at radius 1 is 1.25 bits per heavy atom. The van der Waals surface area contributed by atoms with Crippen LogP contribution in [-0.4, -0.2) is 23.2 Å². The molecule has 1 aliphatic carbocycles. The van der Waals surface area contributed by atoms with Crippen LogP contribution in [0, 0.1) is 18.8 Å². The molecule has 3 rings (SSSR count). The van der Waals surface area contributed by atoms with Crippen LogP contribution in [0.1, 0.15) is 25.0 Å². The molecule has 1 aliphatic rings. The van der Waals surface area contributed by atoms with E-state index in [1.807, 2.05) is 13.0 Å².